The molecule has 0 radical (unpaired) electrons. The molecule has 1 fully saturated rings. The predicted molar refractivity (Wildman–Crippen MR) is 87.6 cm³/mol. The summed E-state index contributed by atoms with van der Waals surface area (Å²) in [7, 11) is 0. The molecule has 3 rings (SSSR count). The summed E-state index contributed by atoms with van der Waals surface area (Å²) < 4.78 is 5.64. The second kappa shape index (κ2) is 6.77. The number of carbonyl (C=O) groups excluding carboxylic acids is 1. The van der Waals surface area contributed by atoms with Crippen molar-refractivity contribution in [3.05, 3.63) is 47.7 Å². The minimum absolute atomic E-state index is 0.0962. The molecule has 1 aliphatic heterocycles. The minimum atomic E-state index is 0.0962. The summed E-state index contributed by atoms with van der Waals surface area (Å²) in [6.45, 7) is 4.83. The first-order valence-corrected chi connectivity index (χ1v) is 8.03. The summed E-state index contributed by atoms with van der Waals surface area (Å²) in [5.74, 6) is 1.18. The molecule has 1 saturated heterocycles. The number of benzene rings is 1. The first kappa shape index (κ1) is 15.5. The van der Waals surface area contributed by atoms with Crippen molar-refractivity contribution in [2.75, 3.05) is 6.54 Å². The summed E-state index contributed by atoms with van der Waals surface area (Å²) >= 11 is 0. The maximum Gasteiger partial charge on any atom is 0.254 e. The number of rotatable bonds is 3. The average molecular weight is 311 g/mol. The zero-order chi connectivity index (χ0) is 16.2. The van der Waals surface area contributed by atoms with Crippen LogP contribution in [-0.4, -0.2) is 33.6 Å². The van der Waals surface area contributed by atoms with Gasteiger partial charge in [0.25, 0.3) is 5.91 Å². The van der Waals surface area contributed by atoms with E-state index in [1.807, 2.05) is 17.9 Å². The van der Waals surface area contributed by atoms with Crippen LogP contribution in [0.3, 0.4) is 0 Å². The summed E-state index contributed by atoms with van der Waals surface area (Å²) in [6, 6.07) is 11.1. The molecule has 1 amide bonds. The van der Waals surface area contributed by atoms with Gasteiger partial charge in [0.15, 0.2) is 0 Å². The van der Waals surface area contributed by atoms with Gasteiger partial charge in [-0.25, -0.2) is 0 Å². The number of likely N-dealkylation sites (tertiary alicyclic amines) is 1. The molecule has 0 N–H and O–H groups in total. The number of carbonyl (C=O) groups is 1. The van der Waals surface area contributed by atoms with Gasteiger partial charge in [-0.05, 0) is 63.4 Å². The first-order valence-electron chi connectivity index (χ1n) is 8.03. The molecule has 1 aromatic carbocycles. The van der Waals surface area contributed by atoms with Crippen molar-refractivity contribution in [2.45, 2.75) is 39.2 Å². The zero-order valence-corrected chi connectivity index (χ0v) is 13.5. The van der Waals surface area contributed by atoms with Crippen LogP contribution in [0.25, 0.3) is 0 Å². The maximum absolute atomic E-state index is 12.6. The van der Waals surface area contributed by atoms with Gasteiger partial charge in [-0.3, -0.25) is 4.79 Å². The maximum atomic E-state index is 12.6. The quantitative estimate of drug-likeness (QED) is 0.869. The molecule has 23 heavy (non-hydrogen) atoms. The lowest BCUT2D eigenvalue weighted by atomic mass is 10.0. The summed E-state index contributed by atoms with van der Waals surface area (Å²) in [4.78, 5) is 14.5. The number of hydrogen-bond donors (Lipinski definition) is 0. The highest BCUT2D eigenvalue weighted by atomic mass is 16.5. The van der Waals surface area contributed by atoms with Crippen molar-refractivity contribution in [1.29, 1.82) is 0 Å². The predicted octanol–water partition coefficient (Wildman–Crippen LogP) is 3.59. The number of aryl methyl sites for hydroxylation is 1. The van der Waals surface area contributed by atoms with Gasteiger partial charge in [-0.1, -0.05) is 0 Å². The van der Waals surface area contributed by atoms with E-state index >= 15 is 0 Å². The zero-order valence-electron chi connectivity index (χ0n) is 13.5. The second-order valence-corrected chi connectivity index (χ2v) is 5.98. The summed E-state index contributed by atoms with van der Waals surface area (Å²) in [5, 5.41) is 7.92. The molecule has 2 heterocycles. The van der Waals surface area contributed by atoms with Crippen LogP contribution in [-0.2, 0) is 0 Å². The fourth-order valence-electron chi connectivity index (χ4n) is 2.79. The Hall–Kier alpha value is -2.43. The van der Waals surface area contributed by atoms with Crippen molar-refractivity contribution in [1.82, 2.24) is 15.1 Å². The molecular weight excluding hydrogens is 290 g/mol. The molecule has 1 atom stereocenters. The number of piperidine rings is 1. The highest BCUT2D eigenvalue weighted by Gasteiger charge is 2.24. The second-order valence-electron chi connectivity index (χ2n) is 5.98. The van der Waals surface area contributed by atoms with E-state index in [0.29, 0.717) is 23.2 Å². The van der Waals surface area contributed by atoms with Crippen LogP contribution in [0.2, 0.25) is 0 Å². The molecule has 0 aliphatic carbocycles. The highest BCUT2D eigenvalue weighted by molar-refractivity contribution is 5.94. The van der Waals surface area contributed by atoms with Gasteiger partial charge in [-0.2, -0.15) is 5.10 Å². The number of aromatic nitrogens is 2. The lowest BCUT2D eigenvalue weighted by Gasteiger charge is -2.33. The number of hydrogen-bond acceptors (Lipinski definition) is 4. The third-order valence-electron chi connectivity index (χ3n) is 4.16. The summed E-state index contributed by atoms with van der Waals surface area (Å²) in [5.41, 5.74) is 1.54. The largest absolute Gasteiger partial charge is 0.438 e. The van der Waals surface area contributed by atoms with E-state index < -0.39 is 0 Å². The van der Waals surface area contributed by atoms with E-state index in [-0.39, 0.29) is 5.91 Å². The lowest BCUT2D eigenvalue weighted by Crippen LogP contribution is -2.41. The van der Waals surface area contributed by atoms with Gasteiger partial charge in [0.1, 0.15) is 5.75 Å². The average Bonchev–Trinajstić information content (AvgIpc) is 2.57. The van der Waals surface area contributed by atoms with Crippen molar-refractivity contribution >= 4 is 5.91 Å². The van der Waals surface area contributed by atoms with Crippen molar-refractivity contribution in [2.24, 2.45) is 0 Å². The molecule has 5 nitrogen and oxygen atoms in total. The SMILES string of the molecule is Cc1ccc(Oc2ccc(C(=O)N3CCCC[C@H]3C)cc2)nn1. The molecule has 1 aliphatic rings. The van der Waals surface area contributed by atoms with Crippen LogP contribution in [0.5, 0.6) is 11.6 Å². The topological polar surface area (TPSA) is 55.3 Å². The Morgan fingerprint density at radius 1 is 1.13 bits per heavy atom. The molecule has 0 saturated carbocycles. The monoisotopic (exact) mass is 311 g/mol. The smallest absolute Gasteiger partial charge is 0.254 e. The van der Waals surface area contributed by atoms with Crippen molar-refractivity contribution in [3.63, 3.8) is 0 Å². The molecular formula is C18H21N3O2. The Bertz CT molecular complexity index is 668. The van der Waals surface area contributed by atoms with Crippen LogP contribution in [0.1, 0.15) is 42.2 Å². The van der Waals surface area contributed by atoms with Gasteiger partial charge < -0.3 is 9.64 Å². The van der Waals surface area contributed by atoms with Gasteiger partial charge >= 0.3 is 0 Å². The van der Waals surface area contributed by atoms with E-state index in [0.717, 1.165) is 25.1 Å². The number of nitrogens with zero attached hydrogens (tertiary/aromatic N) is 3. The Labute approximate surface area is 136 Å². The Morgan fingerprint density at radius 3 is 2.57 bits per heavy atom. The fourth-order valence-corrected chi connectivity index (χ4v) is 2.79. The van der Waals surface area contributed by atoms with Gasteiger partial charge in [0, 0.05) is 24.2 Å². The number of amides is 1. The van der Waals surface area contributed by atoms with E-state index in [1.165, 1.54) is 6.42 Å². The van der Waals surface area contributed by atoms with Crippen LogP contribution < -0.4 is 4.74 Å². The Morgan fingerprint density at radius 2 is 1.91 bits per heavy atom. The molecule has 0 spiro atoms. The van der Waals surface area contributed by atoms with Crippen LogP contribution >= 0.6 is 0 Å². The Kier molecular flexibility index (Phi) is 4.55. The normalized spacial score (nSPS) is 17.8. The third kappa shape index (κ3) is 3.67. The van der Waals surface area contributed by atoms with E-state index in [9.17, 15) is 4.79 Å². The van der Waals surface area contributed by atoms with E-state index in [4.69, 9.17) is 4.74 Å². The van der Waals surface area contributed by atoms with Crippen LogP contribution in [0, 0.1) is 6.92 Å². The molecule has 120 valence electrons. The van der Waals surface area contributed by atoms with Gasteiger partial charge in [-0.15, -0.1) is 5.10 Å². The molecule has 0 bridgehead atoms. The van der Waals surface area contributed by atoms with E-state index in [1.54, 1.807) is 30.3 Å². The van der Waals surface area contributed by atoms with Gasteiger partial charge in [0.05, 0.1) is 5.69 Å². The van der Waals surface area contributed by atoms with Crippen molar-refractivity contribution < 1.29 is 9.53 Å². The first-order chi connectivity index (χ1) is 11.1. The molecule has 2 aromatic rings. The van der Waals surface area contributed by atoms with Crippen molar-refractivity contribution in [3.8, 4) is 11.6 Å². The van der Waals surface area contributed by atoms with Crippen LogP contribution in [0.15, 0.2) is 36.4 Å². The number of ether oxygens (including phenoxy) is 1. The highest BCUT2D eigenvalue weighted by Crippen LogP contribution is 2.22. The van der Waals surface area contributed by atoms with Gasteiger partial charge in [0.2, 0.25) is 5.88 Å². The molecule has 1 aromatic heterocycles. The Balaban J connectivity index is 1.69. The summed E-state index contributed by atoms with van der Waals surface area (Å²) in [6.07, 6.45) is 3.37. The standard InChI is InChI=1S/C18H21N3O2/c1-13-6-11-17(20-19-13)23-16-9-7-15(8-10-16)18(22)21-12-4-3-5-14(21)2/h6-11,14H,3-5,12H2,1-2H3/t14-/m1/s1. The van der Waals surface area contributed by atoms with E-state index in [2.05, 4.69) is 17.1 Å². The minimum Gasteiger partial charge on any atom is -0.438 e. The molecule has 5 heteroatoms. The third-order valence-corrected chi connectivity index (χ3v) is 4.16. The van der Waals surface area contributed by atoms with Crippen LogP contribution in [0.4, 0.5) is 0 Å². The fraction of sp³-hybridized carbons (Fsp3) is 0.389. The lowest BCUT2D eigenvalue weighted by molar-refractivity contribution is 0.0635. The molecule has 0 unspecified atom stereocenters.